The Balaban J connectivity index is 1.57. The average Bonchev–Trinajstić information content (AvgIpc) is 2.90. The predicted octanol–water partition coefficient (Wildman–Crippen LogP) is 8.53. The molecule has 0 aliphatic heterocycles. The molecule has 12 nitrogen and oxygen atoms in total. The number of aromatic hydroxyl groups is 3. The number of benzene rings is 4. The van der Waals surface area contributed by atoms with Crippen LogP contribution >= 0.6 is 0 Å². The summed E-state index contributed by atoms with van der Waals surface area (Å²) in [5, 5.41) is 55.5. The van der Waals surface area contributed by atoms with Crippen LogP contribution in [0, 0.1) is 27.7 Å². The van der Waals surface area contributed by atoms with Crippen molar-refractivity contribution in [2.75, 3.05) is 0 Å². The van der Waals surface area contributed by atoms with Gasteiger partial charge in [-0.1, -0.05) is 6.07 Å². The van der Waals surface area contributed by atoms with E-state index in [0.29, 0.717) is 28.2 Å². The molecule has 0 bridgehead atoms. The minimum Gasteiger partial charge on any atom is -0.505 e. The van der Waals surface area contributed by atoms with E-state index in [0.717, 1.165) is 17.2 Å². The molecule has 4 rings (SSSR count). The molecule has 210 valence electrons. The van der Waals surface area contributed by atoms with Gasteiger partial charge >= 0.3 is 0 Å². The van der Waals surface area contributed by atoms with E-state index in [1.165, 1.54) is 30.3 Å². The van der Waals surface area contributed by atoms with Crippen LogP contribution in [0.2, 0.25) is 0 Å². The van der Waals surface area contributed by atoms with Gasteiger partial charge in [-0.2, -0.15) is 23.8 Å². The summed E-state index contributed by atoms with van der Waals surface area (Å²) in [5.74, 6) is -0.677. The second-order valence-corrected chi connectivity index (χ2v) is 10.7. The van der Waals surface area contributed by atoms with Crippen LogP contribution in [-0.2, 0) is 10.1 Å². The largest absolute Gasteiger partial charge is 0.505 e. The summed E-state index contributed by atoms with van der Waals surface area (Å²) >= 11 is 0. The summed E-state index contributed by atoms with van der Waals surface area (Å²) < 4.78 is 31.5. The monoisotopic (exact) mass is 574 g/mol. The smallest absolute Gasteiger partial charge is 0.294 e. The Bertz CT molecular complexity index is 1830. The molecule has 4 N–H and O–H groups in total. The van der Waals surface area contributed by atoms with E-state index in [9.17, 15) is 23.7 Å². The van der Waals surface area contributed by atoms with Gasteiger partial charge in [-0.05, 0) is 92.4 Å². The molecule has 0 aromatic heterocycles. The Hall–Kier alpha value is -5.01. The number of azo groups is 3. The third kappa shape index (κ3) is 6.96. The van der Waals surface area contributed by atoms with Crippen molar-refractivity contribution in [1.29, 1.82) is 0 Å². The second-order valence-electron chi connectivity index (χ2n) is 9.27. The lowest BCUT2D eigenvalue weighted by atomic mass is 10.1. The van der Waals surface area contributed by atoms with E-state index >= 15 is 0 Å². The molecule has 4 aromatic carbocycles. The Morgan fingerprint density at radius 1 is 0.537 bits per heavy atom. The summed E-state index contributed by atoms with van der Waals surface area (Å²) in [5.41, 5.74) is 4.67. The van der Waals surface area contributed by atoms with Crippen LogP contribution in [0.4, 0.5) is 34.1 Å². The number of nitrogens with zero attached hydrogens (tertiary/aromatic N) is 6. The average molecular weight is 575 g/mol. The van der Waals surface area contributed by atoms with Crippen LogP contribution in [0.1, 0.15) is 22.3 Å². The second kappa shape index (κ2) is 11.6. The fraction of sp³-hybridized carbons (Fsp3) is 0.143. The number of rotatable bonds is 7. The highest BCUT2D eigenvalue weighted by molar-refractivity contribution is 7.85. The molecule has 4 aromatic rings. The van der Waals surface area contributed by atoms with Crippen molar-refractivity contribution in [2.24, 2.45) is 30.7 Å². The van der Waals surface area contributed by atoms with E-state index in [1.807, 2.05) is 6.92 Å². The number of hydrogen-bond donors (Lipinski definition) is 4. The van der Waals surface area contributed by atoms with E-state index in [-0.39, 0.29) is 39.2 Å². The highest BCUT2D eigenvalue weighted by Gasteiger charge is 2.12. The summed E-state index contributed by atoms with van der Waals surface area (Å²) in [4.78, 5) is -0.242. The first-order chi connectivity index (χ1) is 19.3. The normalized spacial score (nSPS) is 12.2. The third-order valence-corrected chi connectivity index (χ3v) is 6.82. The summed E-state index contributed by atoms with van der Waals surface area (Å²) in [6.07, 6.45) is 0. The lowest BCUT2D eigenvalue weighted by Gasteiger charge is -2.06. The van der Waals surface area contributed by atoms with Crippen LogP contribution < -0.4 is 0 Å². The molecular formula is C28H26N6O6S. The topological polar surface area (TPSA) is 189 Å². The van der Waals surface area contributed by atoms with Gasteiger partial charge in [0.15, 0.2) is 0 Å². The Kier molecular flexibility index (Phi) is 8.21. The van der Waals surface area contributed by atoms with E-state index in [1.54, 1.807) is 45.0 Å². The van der Waals surface area contributed by atoms with Gasteiger partial charge in [-0.25, -0.2) is 0 Å². The standard InChI is InChI=1S/C28H26N6O6S/c1-15-9-18(4)28(37)25(10-15)34-33-24-13-23(26(35)14-27(24)36)32-31-22-12-16(2)21(11-17(22)3)30-29-19-5-7-20(8-6-19)41(38,39)40/h5-14,35-37H,1-4H3,(H,38,39,40). The third-order valence-electron chi connectivity index (χ3n) is 5.95. The number of phenols is 3. The zero-order chi connectivity index (χ0) is 29.9. The summed E-state index contributed by atoms with van der Waals surface area (Å²) in [6.45, 7) is 7.19. The molecule has 0 fully saturated rings. The molecule has 13 heteroatoms. The van der Waals surface area contributed by atoms with Crippen LogP contribution in [0.25, 0.3) is 0 Å². The first kappa shape index (κ1) is 29.0. The molecule has 0 amide bonds. The lowest BCUT2D eigenvalue weighted by molar-refractivity contribution is 0.451. The maximum absolute atomic E-state index is 11.2. The SMILES string of the molecule is Cc1cc(C)c(O)c(N=Nc2cc(N=Nc3cc(C)c(N=Nc4ccc(S(=O)(=O)O)cc4)cc3C)c(O)cc2O)c1. The van der Waals surface area contributed by atoms with Crippen molar-refractivity contribution in [3.05, 3.63) is 82.9 Å². The number of phenolic OH excluding ortho intramolecular Hbond substituents is 3. The first-order valence-corrected chi connectivity index (χ1v) is 13.6. The molecule has 0 saturated heterocycles. The number of aryl methyl sites for hydroxylation is 4. The Morgan fingerprint density at radius 2 is 1.02 bits per heavy atom. The molecule has 0 spiro atoms. The summed E-state index contributed by atoms with van der Waals surface area (Å²) in [7, 11) is -4.29. The van der Waals surface area contributed by atoms with E-state index < -0.39 is 10.1 Å². The van der Waals surface area contributed by atoms with Crippen molar-refractivity contribution in [3.8, 4) is 17.2 Å². The number of hydrogen-bond acceptors (Lipinski definition) is 11. The van der Waals surface area contributed by atoms with Gasteiger partial charge in [-0.15, -0.1) is 15.3 Å². The van der Waals surface area contributed by atoms with Crippen LogP contribution in [0.15, 0.2) is 96.2 Å². The Labute approximate surface area is 235 Å². The predicted molar refractivity (Wildman–Crippen MR) is 152 cm³/mol. The maximum atomic E-state index is 11.2. The van der Waals surface area contributed by atoms with Crippen molar-refractivity contribution < 1.29 is 28.3 Å². The van der Waals surface area contributed by atoms with Gasteiger partial charge in [-0.3, -0.25) is 4.55 Å². The highest BCUT2D eigenvalue weighted by Crippen LogP contribution is 2.41. The fourth-order valence-electron chi connectivity index (χ4n) is 3.74. The van der Waals surface area contributed by atoms with E-state index in [2.05, 4.69) is 30.7 Å². The minimum atomic E-state index is -4.29. The molecule has 0 aliphatic rings. The molecule has 0 unspecified atom stereocenters. The van der Waals surface area contributed by atoms with E-state index in [4.69, 9.17) is 4.55 Å². The van der Waals surface area contributed by atoms with Crippen LogP contribution in [0.5, 0.6) is 17.2 Å². The van der Waals surface area contributed by atoms with Gasteiger partial charge < -0.3 is 15.3 Å². The molecule has 0 saturated carbocycles. The molecule has 0 aliphatic carbocycles. The fourth-order valence-corrected chi connectivity index (χ4v) is 4.22. The zero-order valence-electron chi connectivity index (χ0n) is 22.5. The summed E-state index contributed by atoms with van der Waals surface area (Å²) in [6, 6.07) is 14.6. The minimum absolute atomic E-state index is 0.0172. The van der Waals surface area contributed by atoms with Crippen LogP contribution in [0.3, 0.4) is 0 Å². The zero-order valence-corrected chi connectivity index (χ0v) is 23.3. The van der Waals surface area contributed by atoms with Crippen molar-refractivity contribution in [3.63, 3.8) is 0 Å². The molecule has 0 heterocycles. The van der Waals surface area contributed by atoms with Gasteiger partial charge in [0.05, 0.1) is 22.0 Å². The molecular weight excluding hydrogens is 548 g/mol. The molecule has 0 radical (unpaired) electrons. The first-order valence-electron chi connectivity index (χ1n) is 12.1. The highest BCUT2D eigenvalue weighted by atomic mass is 32.2. The van der Waals surface area contributed by atoms with Crippen molar-refractivity contribution >= 4 is 44.2 Å². The van der Waals surface area contributed by atoms with Gasteiger partial charge in [0.1, 0.15) is 34.3 Å². The molecule has 41 heavy (non-hydrogen) atoms. The van der Waals surface area contributed by atoms with Gasteiger partial charge in [0.25, 0.3) is 10.1 Å². The van der Waals surface area contributed by atoms with Crippen LogP contribution in [-0.4, -0.2) is 28.3 Å². The van der Waals surface area contributed by atoms with Crippen molar-refractivity contribution in [1.82, 2.24) is 0 Å². The van der Waals surface area contributed by atoms with Crippen molar-refractivity contribution in [2.45, 2.75) is 32.6 Å². The molecule has 0 atom stereocenters. The van der Waals surface area contributed by atoms with Gasteiger partial charge in [0.2, 0.25) is 0 Å². The lowest BCUT2D eigenvalue weighted by Crippen LogP contribution is -1.96. The quantitative estimate of drug-likeness (QED) is 0.126. The maximum Gasteiger partial charge on any atom is 0.294 e. The van der Waals surface area contributed by atoms with Gasteiger partial charge in [0, 0.05) is 12.1 Å². The Morgan fingerprint density at radius 3 is 1.56 bits per heavy atom.